The number of hydrogen-bond acceptors (Lipinski definition) is 12. The predicted octanol–water partition coefficient (Wildman–Crippen LogP) is -3.08. The van der Waals surface area contributed by atoms with Crippen molar-refractivity contribution in [3.05, 3.63) is 29.3 Å². The number of fused-ring (bicyclic) bond motifs is 1. The fraction of sp³-hybridized carbons (Fsp3) is 0.577. The number of amides is 3. The van der Waals surface area contributed by atoms with Crippen molar-refractivity contribution in [2.45, 2.75) is 74.1 Å². The van der Waals surface area contributed by atoms with Crippen LogP contribution in [0.3, 0.4) is 0 Å². The Morgan fingerprint density at radius 1 is 1.24 bits per heavy atom. The highest BCUT2D eigenvalue weighted by Crippen LogP contribution is 2.45. The number of nitrogens with one attached hydrogen (secondary N) is 4. The number of ether oxygens (including phenoxy) is 1. The monoisotopic (exact) mass is 569 g/mol. The average Bonchev–Trinajstić information content (AvgIpc) is 3.57. The third-order valence-electron chi connectivity index (χ3n) is 8.87. The molecule has 220 valence electrons. The molecule has 5 atom stereocenters. The first-order valence-corrected chi connectivity index (χ1v) is 13.7. The van der Waals surface area contributed by atoms with Gasteiger partial charge in [0.05, 0.1) is 18.2 Å². The molecule has 1 spiro atoms. The molecule has 6 rings (SSSR count). The van der Waals surface area contributed by atoms with Crippen molar-refractivity contribution in [1.29, 1.82) is 0 Å². The van der Waals surface area contributed by atoms with Crippen LogP contribution in [-0.4, -0.2) is 100 Å². The highest BCUT2D eigenvalue weighted by Gasteiger charge is 2.73. The number of hydrogen-bond donors (Lipinski definition) is 8. The minimum atomic E-state index is -2.63. The van der Waals surface area contributed by atoms with Gasteiger partial charge >= 0.3 is 0 Å². The summed E-state index contributed by atoms with van der Waals surface area (Å²) in [6.07, 6.45) is 1.43. The smallest absolute Gasteiger partial charge is 0.255 e. The topological polar surface area (TPSA) is 229 Å². The fourth-order valence-corrected chi connectivity index (χ4v) is 6.57. The highest BCUT2D eigenvalue weighted by molar-refractivity contribution is 5.98. The van der Waals surface area contributed by atoms with Crippen LogP contribution in [0.1, 0.15) is 49.0 Å². The minimum Gasteiger partial charge on any atom is -0.492 e. The second-order valence-electron chi connectivity index (χ2n) is 11.8. The van der Waals surface area contributed by atoms with E-state index in [0.717, 1.165) is 12.0 Å². The summed E-state index contributed by atoms with van der Waals surface area (Å²) in [4.78, 5) is 48.0. The minimum absolute atomic E-state index is 0.0431. The van der Waals surface area contributed by atoms with E-state index in [-0.39, 0.29) is 48.3 Å². The largest absolute Gasteiger partial charge is 0.492 e. The standard InChI is InChI=1S/C26H35N9O6/c1-24(2)8-9-41-18-12(4-3-5-13(18)24)20(37)32-16-11-35-23(28)31-15(10-29-21(38)14-6-7-17(36)30-14)19-25(35,26(16,39)40)34-22(27)33-19/h3-5,14-16,19,39-40H,6-11H2,1-2H3,(H2,28,31)(H,29,38)(H,30,36)(H,32,37)(H3,27,33,34)/t14-,15-,16-,19-,25-/m0/s1. The molecule has 0 radical (unpaired) electrons. The third kappa shape index (κ3) is 4.05. The molecular formula is C26H35N9O6. The summed E-state index contributed by atoms with van der Waals surface area (Å²) in [6.45, 7) is 4.44. The van der Waals surface area contributed by atoms with E-state index in [2.05, 4.69) is 45.1 Å². The molecule has 15 heteroatoms. The molecule has 10 N–H and O–H groups in total. The summed E-state index contributed by atoms with van der Waals surface area (Å²) in [6, 6.07) is 1.61. The van der Waals surface area contributed by atoms with Crippen LogP contribution in [0.25, 0.3) is 0 Å². The van der Waals surface area contributed by atoms with Gasteiger partial charge in [0.15, 0.2) is 17.6 Å². The van der Waals surface area contributed by atoms with E-state index in [1.54, 1.807) is 12.1 Å². The van der Waals surface area contributed by atoms with Gasteiger partial charge in [0, 0.05) is 25.1 Å². The number of benzene rings is 1. The van der Waals surface area contributed by atoms with Crippen molar-refractivity contribution in [3.63, 3.8) is 0 Å². The van der Waals surface area contributed by atoms with Crippen LogP contribution >= 0.6 is 0 Å². The van der Waals surface area contributed by atoms with Crippen LogP contribution in [0.4, 0.5) is 0 Å². The number of nitrogens with zero attached hydrogens (tertiary/aromatic N) is 3. The first-order valence-electron chi connectivity index (χ1n) is 13.7. The maximum atomic E-state index is 13.6. The van der Waals surface area contributed by atoms with Gasteiger partial charge in [-0.25, -0.2) is 9.98 Å². The Morgan fingerprint density at radius 2 is 2.02 bits per heavy atom. The normalized spacial score (nSPS) is 32.3. The van der Waals surface area contributed by atoms with E-state index in [1.165, 1.54) is 4.90 Å². The Bertz CT molecular complexity index is 1380. The Balaban J connectivity index is 1.25. The summed E-state index contributed by atoms with van der Waals surface area (Å²) < 4.78 is 5.88. The van der Waals surface area contributed by atoms with Gasteiger partial charge in [-0.05, 0) is 24.3 Å². The first-order chi connectivity index (χ1) is 19.3. The van der Waals surface area contributed by atoms with Crippen molar-refractivity contribution in [2.24, 2.45) is 21.5 Å². The lowest BCUT2D eigenvalue weighted by Crippen LogP contribution is -2.78. The summed E-state index contributed by atoms with van der Waals surface area (Å²) in [5, 5.41) is 34.4. The SMILES string of the molecule is CC1(C)CCOc2c(C(=O)N[C@H]3CN4C(N)=N[C@@H](CNC(=O)[C@@H]5CCC(=O)N5)[C@@H]5N=C(N)N[C@@]54C3(O)O)cccc21. The van der Waals surface area contributed by atoms with Gasteiger partial charge in [-0.15, -0.1) is 0 Å². The quantitative estimate of drug-likeness (QED) is 0.167. The van der Waals surface area contributed by atoms with E-state index >= 15 is 0 Å². The van der Waals surface area contributed by atoms with Gasteiger partial charge in [0.1, 0.15) is 23.9 Å². The number of nitrogens with two attached hydrogens (primary N) is 2. The maximum absolute atomic E-state index is 13.6. The lowest BCUT2D eigenvalue weighted by Gasteiger charge is -2.49. The number of para-hydroxylation sites is 1. The van der Waals surface area contributed by atoms with Crippen molar-refractivity contribution >= 4 is 29.6 Å². The van der Waals surface area contributed by atoms with Crippen LogP contribution in [0, 0.1) is 0 Å². The van der Waals surface area contributed by atoms with E-state index in [4.69, 9.17) is 16.2 Å². The van der Waals surface area contributed by atoms with Gasteiger partial charge in [0.25, 0.3) is 5.91 Å². The fourth-order valence-electron chi connectivity index (χ4n) is 6.57. The van der Waals surface area contributed by atoms with Crippen molar-refractivity contribution < 1.29 is 29.3 Å². The molecular weight excluding hydrogens is 534 g/mol. The molecule has 0 bridgehead atoms. The molecule has 2 fully saturated rings. The Morgan fingerprint density at radius 3 is 2.76 bits per heavy atom. The van der Waals surface area contributed by atoms with Crippen LogP contribution in [0.2, 0.25) is 0 Å². The maximum Gasteiger partial charge on any atom is 0.255 e. The zero-order valence-corrected chi connectivity index (χ0v) is 22.8. The third-order valence-corrected chi connectivity index (χ3v) is 8.87. The summed E-state index contributed by atoms with van der Waals surface area (Å²) in [5.74, 6) is -3.42. The van der Waals surface area contributed by atoms with E-state index < -0.39 is 47.4 Å². The lowest BCUT2D eigenvalue weighted by atomic mass is 9.79. The van der Waals surface area contributed by atoms with Crippen molar-refractivity contribution in [2.75, 3.05) is 19.7 Å². The molecule has 15 nitrogen and oxygen atoms in total. The second-order valence-corrected chi connectivity index (χ2v) is 11.8. The zero-order valence-electron chi connectivity index (χ0n) is 22.8. The summed E-state index contributed by atoms with van der Waals surface area (Å²) in [7, 11) is 0. The van der Waals surface area contributed by atoms with Gasteiger partial charge < -0.3 is 52.6 Å². The molecule has 3 amide bonds. The number of guanidine groups is 2. The molecule has 1 aromatic carbocycles. The summed E-state index contributed by atoms with van der Waals surface area (Å²) in [5.41, 5.74) is 11.6. The van der Waals surface area contributed by atoms with Crippen LogP contribution in [0.15, 0.2) is 28.2 Å². The number of aliphatic imine (C=N–C) groups is 2. The van der Waals surface area contributed by atoms with Crippen molar-refractivity contribution in [1.82, 2.24) is 26.2 Å². The van der Waals surface area contributed by atoms with Crippen LogP contribution < -0.4 is 37.5 Å². The predicted molar refractivity (Wildman–Crippen MR) is 146 cm³/mol. The van der Waals surface area contributed by atoms with E-state index in [0.29, 0.717) is 18.8 Å². The van der Waals surface area contributed by atoms with Crippen LogP contribution in [0.5, 0.6) is 5.75 Å². The molecule has 0 unspecified atom stereocenters. The number of rotatable bonds is 5. The Kier molecular flexibility index (Phi) is 6.08. The molecule has 5 aliphatic heterocycles. The van der Waals surface area contributed by atoms with E-state index in [9.17, 15) is 24.6 Å². The molecule has 2 saturated heterocycles. The lowest BCUT2D eigenvalue weighted by molar-refractivity contribution is -0.230. The van der Waals surface area contributed by atoms with Crippen LogP contribution in [-0.2, 0) is 15.0 Å². The molecule has 1 aromatic rings. The molecule has 5 aliphatic rings. The molecule has 41 heavy (non-hydrogen) atoms. The molecule has 0 aliphatic carbocycles. The molecule has 0 aromatic heterocycles. The Labute approximate surface area is 235 Å². The number of carbonyl (C=O) groups is 3. The first kappa shape index (κ1) is 27.1. The Hall–Kier alpha value is -4.11. The number of aliphatic hydroxyl groups is 2. The van der Waals surface area contributed by atoms with Crippen molar-refractivity contribution in [3.8, 4) is 5.75 Å². The molecule has 5 heterocycles. The second kappa shape index (κ2) is 9.21. The summed E-state index contributed by atoms with van der Waals surface area (Å²) >= 11 is 0. The zero-order chi connectivity index (χ0) is 29.3. The molecule has 0 saturated carbocycles. The number of carbonyl (C=O) groups excluding carboxylic acids is 3. The van der Waals surface area contributed by atoms with Gasteiger partial charge in [0.2, 0.25) is 17.6 Å². The van der Waals surface area contributed by atoms with Gasteiger partial charge in [-0.3, -0.25) is 14.4 Å². The highest BCUT2D eigenvalue weighted by atomic mass is 16.5. The average molecular weight is 570 g/mol. The van der Waals surface area contributed by atoms with Gasteiger partial charge in [-0.2, -0.15) is 0 Å². The van der Waals surface area contributed by atoms with Gasteiger partial charge in [-0.1, -0.05) is 26.0 Å². The van der Waals surface area contributed by atoms with E-state index in [1.807, 2.05) is 6.07 Å².